The fourth-order valence-corrected chi connectivity index (χ4v) is 1.67. The first kappa shape index (κ1) is 14.9. The number of hydrogen-bond acceptors (Lipinski definition) is 3. The van der Waals surface area contributed by atoms with Crippen LogP contribution in [0.5, 0.6) is 5.75 Å². The quantitative estimate of drug-likeness (QED) is 0.838. The smallest absolute Gasteiger partial charge is 0.157 e. The molecule has 2 rings (SSSR count). The minimum Gasteiger partial charge on any atom is -0.486 e. The number of aldehydes is 1. The molecule has 0 radical (unpaired) electrons. The molecule has 0 atom stereocenters. The van der Waals surface area contributed by atoms with Gasteiger partial charge in [0.05, 0.1) is 0 Å². The summed E-state index contributed by atoms with van der Waals surface area (Å²) in [5, 5.41) is 7.00. The maximum atomic E-state index is 10.2. The van der Waals surface area contributed by atoms with Gasteiger partial charge < -0.3 is 9.84 Å². The van der Waals surface area contributed by atoms with E-state index in [9.17, 15) is 4.79 Å². The van der Waals surface area contributed by atoms with E-state index in [0.717, 1.165) is 25.6 Å². The van der Waals surface area contributed by atoms with Crippen LogP contribution in [0.1, 0.15) is 11.1 Å². The molecule has 0 heterocycles. The summed E-state index contributed by atoms with van der Waals surface area (Å²) in [5.74, 6) is 0.730. The van der Waals surface area contributed by atoms with Gasteiger partial charge in [0.1, 0.15) is 12.4 Å². The van der Waals surface area contributed by atoms with Crippen LogP contribution < -0.4 is 4.74 Å². The molecule has 0 aliphatic heterocycles. The number of carbonyl (C=O) groups is 1. The topological polar surface area (TPSA) is 46.5 Å². The summed E-state index contributed by atoms with van der Waals surface area (Å²) in [6.45, 7) is 0.109. The second-order valence-corrected chi connectivity index (χ2v) is 3.78. The molecule has 0 unspecified atom stereocenters. The van der Waals surface area contributed by atoms with Crippen LogP contribution in [0.3, 0.4) is 0 Å². The van der Waals surface area contributed by atoms with Gasteiger partial charge in [0, 0.05) is 7.11 Å². The van der Waals surface area contributed by atoms with Crippen LogP contribution in [0, 0.1) is 0 Å². The van der Waals surface area contributed by atoms with Gasteiger partial charge in [-0.2, -0.15) is 0 Å². The van der Waals surface area contributed by atoms with E-state index in [0.29, 0.717) is 0 Å². The van der Waals surface area contributed by atoms with Crippen molar-refractivity contribution in [3.63, 3.8) is 0 Å². The Balaban J connectivity index is 0.000000861. The molecule has 0 spiro atoms. The zero-order chi connectivity index (χ0) is 13.9. The average Bonchev–Trinajstić information content (AvgIpc) is 2.50. The Morgan fingerprint density at radius 1 is 0.947 bits per heavy atom. The van der Waals surface area contributed by atoms with Gasteiger partial charge in [0.25, 0.3) is 0 Å². The number of aliphatic hydroxyl groups excluding tert-OH is 1. The van der Waals surface area contributed by atoms with Gasteiger partial charge in [-0.1, -0.05) is 42.5 Å². The summed E-state index contributed by atoms with van der Waals surface area (Å²) in [7, 11) is 1.00. The molecule has 0 bridgehead atoms. The Morgan fingerprint density at radius 3 is 2.11 bits per heavy atom. The predicted octanol–water partition coefficient (Wildman–Crippen LogP) is 2.46. The fraction of sp³-hybridized carbons (Fsp3) is 0.188. The lowest BCUT2D eigenvalue weighted by Gasteiger charge is -2.04. The molecule has 0 aliphatic rings. The Kier molecular flexibility index (Phi) is 6.98. The Hall–Kier alpha value is -2.13. The fourth-order valence-electron chi connectivity index (χ4n) is 1.67. The number of rotatable bonds is 5. The second kappa shape index (κ2) is 8.89. The molecule has 0 saturated carbocycles. The Morgan fingerprint density at radius 2 is 1.53 bits per heavy atom. The van der Waals surface area contributed by atoms with Gasteiger partial charge >= 0.3 is 0 Å². The summed E-state index contributed by atoms with van der Waals surface area (Å²) in [6.07, 6.45) is 1.66. The highest BCUT2D eigenvalue weighted by Crippen LogP contribution is 2.14. The molecule has 0 saturated heterocycles. The zero-order valence-corrected chi connectivity index (χ0v) is 11.0. The molecule has 2 aromatic rings. The lowest BCUT2D eigenvalue weighted by Crippen LogP contribution is -1.97. The molecule has 0 aromatic heterocycles. The Bertz CT molecular complexity index is 463. The van der Waals surface area contributed by atoms with Gasteiger partial charge in [0.2, 0.25) is 0 Å². The van der Waals surface area contributed by atoms with E-state index in [1.54, 1.807) is 0 Å². The zero-order valence-electron chi connectivity index (χ0n) is 11.0. The van der Waals surface area contributed by atoms with E-state index in [1.165, 1.54) is 11.1 Å². The average molecular weight is 258 g/mol. The van der Waals surface area contributed by atoms with Gasteiger partial charge in [0.15, 0.2) is 6.29 Å². The van der Waals surface area contributed by atoms with Crippen LogP contribution in [0.25, 0.3) is 0 Å². The first-order valence-electron chi connectivity index (χ1n) is 6.02. The molecule has 3 heteroatoms. The highest BCUT2D eigenvalue weighted by atomic mass is 16.5. The normalized spacial score (nSPS) is 9.16. The molecule has 0 fully saturated rings. The maximum Gasteiger partial charge on any atom is 0.157 e. The van der Waals surface area contributed by atoms with E-state index in [4.69, 9.17) is 9.84 Å². The van der Waals surface area contributed by atoms with E-state index in [2.05, 4.69) is 12.1 Å². The van der Waals surface area contributed by atoms with Crippen molar-refractivity contribution >= 4 is 6.29 Å². The molecule has 19 heavy (non-hydrogen) atoms. The molecule has 100 valence electrons. The number of ether oxygens (including phenoxy) is 1. The first-order chi connectivity index (χ1) is 9.38. The van der Waals surface area contributed by atoms with Crippen LogP contribution in [-0.4, -0.2) is 25.1 Å². The van der Waals surface area contributed by atoms with Crippen molar-refractivity contribution in [2.75, 3.05) is 13.7 Å². The van der Waals surface area contributed by atoms with E-state index in [1.807, 2.05) is 42.5 Å². The third-order valence-corrected chi connectivity index (χ3v) is 2.49. The van der Waals surface area contributed by atoms with Crippen molar-refractivity contribution in [3.05, 3.63) is 65.7 Å². The van der Waals surface area contributed by atoms with Crippen LogP contribution in [0.2, 0.25) is 0 Å². The SMILES string of the molecule is CO.O=CCOc1ccc(Cc2ccccc2)cc1. The number of hydrogen-bond donors (Lipinski definition) is 1. The molecule has 2 aromatic carbocycles. The molecule has 0 aliphatic carbocycles. The maximum absolute atomic E-state index is 10.2. The predicted molar refractivity (Wildman–Crippen MR) is 75.4 cm³/mol. The van der Waals surface area contributed by atoms with Gasteiger partial charge in [-0.25, -0.2) is 0 Å². The standard InChI is InChI=1S/C15H14O2.CH4O/c16-10-11-17-15-8-6-14(7-9-15)12-13-4-2-1-3-5-13;1-2/h1-10H,11-12H2;2H,1H3. The molecular weight excluding hydrogens is 240 g/mol. The van der Waals surface area contributed by atoms with Gasteiger partial charge in [-0.05, 0) is 29.7 Å². The second-order valence-electron chi connectivity index (χ2n) is 3.78. The minimum atomic E-state index is 0.109. The lowest BCUT2D eigenvalue weighted by molar-refractivity contribution is -0.109. The van der Waals surface area contributed by atoms with Crippen molar-refractivity contribution in [2.24, 2.45) is 0 Å². The first-order valence-corrected chi connectivity index (χ1v) is 6.02. The van der Waals surface area contributed by atoms with Crippen molar-refractivity contribution in [2.45, 2.75) is 6.42 Å². The van der Waals surface area contributed by atoms with Crippen LogP contribution in [-0.2, 0) is 11.2 Å². The molecule has 1 N–H and O–H groups in total. The van der Waals surface area contributed by atoms with Crippen LogP contribution in [0.4, 0.5) is 0 Å². The Labute approximate surface area is 113 Å². The number of benzene rings is 2. The summed E-state index contributed by atoms with van der Waals surface area (Å²) < 4.78 is 5.19. The van der Waals surface area contributed by atoms with Crippen molar-refractivity contribution < 1.29 is 14.6 Å². The summed E-state index contributed by atoms with van der Waals surface area (Å²) in [4.78, 5) is 10.2. The van der Waals surface area contributed by atoms with Crippen LogP contribution in [0.15, 0.2) is 54.6 Å². The number of carbonyl (C=O) groups excluding carboxylic acids is 1. The summed E-state index contributed by atoms with van der Waals surface area (Å²) in [6, 6.07) is 18.1. The van der Waals surface area contributed by atoms with E-state index >= 15 is 0 Å². The summed E-state index contributed by atoms with van der Waals surface area (Å²) >= 11 is 0. The molecule has 0 amide bonds. The third kappa shape index (κ3) is 5.36. The van der Waals surface area contributed by atoms with Gasteiger partial charge in [-0.15, -0.1) is 0 Å². The van der Waals surface area contributed by atoms with E-state index in [-0.39, 0.29) is 6.61 Å². The largest absolute Gasteiger partial charge is 0.486 e. The minimum absolute atomic E-state index is 0.109. The summed E-state index contributed by atoms with van der Waals surface area (Å²) in [5.41, 5.74) is 2.52. The van der Waals surface area contributed by atoms with Crippen molar-refractivity contribution in [1.29, 1.82) is 0 Å². The number of aliphatic hydroxyl groups is 1. The van der Waals surface area contributed by atoms with E-state index < -0.39 is 0 Å². The van der Waals surface area contributed by atoms with Gasteiger partial charge in [-0.3, -0.25) is 4.79 Å². The van der Waals surface area contributed by atoms with Crippen LogP contribution >= 0.6 is 0 Å². The third-order valence-electron chi connectivity index (χ3n) is 2.49. The molecule has 3 nitrogen and oxygen atoms in total. The highest BCUT2D eigenvalue weighted by molar-refractivity contribution is 5.51. The van der Waals surface area contributed by atoms with Crippen molar-refractivity contribution in [1.82, 2.24) is 0 Å². The molecular formula is C16H18O3. The monoisotopic (exact) mass is 258 g/mol. The lowest BCUT2D eigenvalue weighted by atomic mass is 10.1. The van der Waals surface area contributed by atoms with Crippen molar-refractivity contribution in [3.8, 4) is 5.75 Å². The highest BCUT2D eigenvalue weighted by Gasteiger charge is 1.97.